The summed E-state index contributed by atoms with van der Waals surface area (Å²) in [6.45, 7) is 4.27. The van der Waals surface area contributed by atoms with Gasteiger partial charge in [0.1, 0.15) is 0 Å². The van der Waals surface area contributed by atoms with Crippen LogP contribution in [0.1, 0.15) is 26.7 Å². The molecule has 0 bridgehead atoms. The largest absolute Gasteiger partial charge is 0.379 e. The van der Waals surface area contributed by atoms with Crippen LogP contribution in [0, 0.1) is 11.8 Å². The molecule has 2 heteroatoms. The van der Waals surface area contributed by atoms with Crippen LogP contribution in [-0.4, -0.2) is 18.6 Å². The summed E-state index contributed by atoms with van der Waals surface area (Å²) in [6, 6.07) is 0. The Morgan fingerprint density at radius 2 is 2.09 bits per heavy atom. The van der Waals surface area contributed by atoms with Crippen LogP contribution in [0.25, 0.3) is 0 Å². The van der Waals surface area contributed by atoms with Crippen LogP contribution >= 0.6 is 11.6 Å². The Morgan fingerprint density at radius 3 is 2.45 bits per heavy atom. The molecule has 0 aromatic rings. The molecule has 1 rings (SSSR count). The van der Waals surface area contributed by atoms with E-state index in [0.717, 1.165) is 24.1 Å². The van der Waals surface area contributed by atoms with Gasteiger partial charge in [-0.05, 0) is 38.5 Å². The second-order valence-electron chi connectivity index (χ2n) is 4.08. The fraction of sp³-hybridized carbons (Fsp3) is 1.00. The molecule has 0 aromatic heterocycles. The van der Waals surface area contributed by atoms with Crippen LogP contribution in [0.4, 0.5) is 0 Å². The summed E-state index contributed by atoms with van der Waals surface area (Å²) in [7, 11) is 1.78. The van der Waals surface area contributed by atoms with E-state index in [1.54, 1.807) is 7.11 Å². The summed E-state index contributed by atoms with van der Waals surface area (Å²) in [6.07, 6.45) is 2.46. The molecule has 0 saturated heterocycles. The molecule has 66 valence electrons. The summed E-state index contributed by atoms with van der Waals surface area (Å²) >= 11 is 5.72. The van der Waals surface area contributed by atoms with E-state index < -0.39 is 0 Å². The highest BCUT2D eigenvalue weighted by Crippen LogP contribution is 2.45. The molecule has 0 heterocycles. The van der Waals surface area contributed by atoms with E-state index in [4.69, 9.17) is 16.3 Å². The molecule has 0 aromatic carbocycles. The lowest BCUT2D eigenvalue weighted by atomic mass is 10.0. The summed E-state index contributed by atoms with van der Waals surface area (Å²) in [5.74, 6) is 2.42. The first-order valence-corrected chi connectivity index (χ1v) is 4.73. The van der Waals surface area contributed by atoms with Crippen LogP contribution in [0.3, 0.4) is 0 Å². The first-order chi connectivity index (χ1) is 5.09. The Hall–Kier alpha value is 0.250. The van der Waals surface area contributed by atoms with Gasteiger partial charge in [-0.25, -0.2) is 0 Å². The van der Waals surface area contributed by atoms with Gasteiger partial charge in [-0.2, -0.15) is 0 Å². The van der Waals surface area contributed by atoms with E-state index in [1.165, 1.54) is 6.42 Å². The van der Waals surface area contributed by atoms with Gasteiger partial charge in [0.05, 0.1) is 5.60 Å². The molecule has 2 atom stereocenters. The summed E-state index contributed by atoms with van der Waals surface area (Å²) < 4.78 is 5.34. The van der Waals surface area contributed by atoms with Gasteiger partial charge in [0.15, 0.2) is 0 Å². The molecule has 0 N–H and O–H groups in total. The molecule has 2 unspecified atom stereocenters. The van der Waals surface area contributed by atoms with Crippen LogP contribution < -0.4 is 0 Å². The van der Waals surface area contributed by atoms with Crippen molar-refractivity contribution in [1.82, 2.24) is 0 Å². The van der Waals surface area contributed by atoms with E-state index >= 15 is 0 Å². The number of rotatable bonds is 4. The highest BCUT2D eigenvalue weighted by atomic mass is 35.5. The number of hydrogen-bond acceptors (Lipinski definition) is 1. The monoisotopic (exact) mass is 176 g/mol. The molecule has 0 radical (unpaired) electrons. The third kappa shape index (κ3) is 2.64. The average molecular weight is 177 g/mol. The van der Waals surface area contributed by atoms with Gasteiger partial charge in [0.2, 0.25) is 0 Å². The fourth-order valence-electron chi connectivity index (χ4n) is 1.46. The maximum atomic E-state index is 5.72. The van der Waals surface area contributed by atoms with Gasteiger partial charge in [-0.15, -0.1) is 11.6 Å². The highest BCUT2D eigenvalue weighted by Gasteiger charge is 2.39. The standard InChI is InChI=1S/C9H17ClO/c1-9(2,11-3)5-7-4-8(7)6-10/h7-8H,4-6H2,1-3H3. The van der Waals surface area contributed by atoms with Gasteiger partial charge >= 0.3 is 0 Å². The van der Waals surface area contributed by atoms with Crippen molar-refractivity contribution in [1.29, 1.82) is 0 Å². The molecule has 1 fully saturated rings. The van der Waals surface area contributed by atoms with Gasteiger partial charge in [0.25, 0.3) is 0 Å². The normalized spacial score (nSPS) is 30.5. The zero-order valence-electron chi connectivity index (χ0n) is 7.56. The predicted octanol–water partition coefficient (Wildman–Crippen LogP) is 2.68. The lowest BCUT2D eigenvalue weighted by Crippen LogP contribution is -2.23. The number of halogens is 1. The quantitative estimate of drug-likeness (QED) is 0.599. The molecular weight excluding hydrogens is 160 g/mol. The molecular formula is C9H17ClO. The molecule has 1 aliphatic carbocycles. The van der Waals surface area contributed by atoms with Crippen molar-refractivity contribution >= 4 is 11.6 Å². The molecule has 1 saturated carbocycles. The van der Waals surface area contributed by atoms with E-state index in [1.807, 2.05) is 0 Å². The maximum Gasteiger partial charge on any atom is 0.0625 e. The number of hydrogen-bond donors (Lipinski definition) is 0. The van der Waals surface area contributed by atoms with Gasteiger partial charge in [-0.3, -0.25) is 0 Å². The van der Waals surface area contributed by atoms with E-state index in [2.05, 4.69) is 13.8 Å². The predicted molar refractivity (Wildman–Crippen MR) is 48.0 cm³/mol. The van der Waals surface area contributed by atoms with Crippen LogP contribution in [0.15, 0.2) is 0 Å². The Balaban J connectivity index is 2.22. The topological polar surface area (TPSA) is 9.23 Å². The lowest BCUT2D eigenvalue weighted by Gasteiger charge is -2.22. The SMILES string of the molecule is COC(C)(C)CC1CC1CCl. The van der Waals surface area contributed by atoms with Crippen LogP contribution in [-0.2, 0) is 4.74 Å². The first kappa shape index (κ1) is 9.34. The number of ether oxygens (including phenoxy) is 1. The lowest BCUT2D eigenvalue weighted by molar-refractivity contribution is 0.00992. The summed E-state index contributed by atoms with van der Waals surface area (Å²) in [5, 5.41) is 0. The van der Waals surface area contributed by atoms with E-state index in [0.29, 0.717) is 0 Å². The summed E-state index contributed by atoms with van der Waals surface area (Å²) in [4.78, 5) is 0. The Morgan fingerprint density at radius 1 is 1.45 bits per heavy atom. The van der Waals surface area contributed by atoms with E-state index in [-0.39, 0.29) is 5.60 Å². The zero-order valence-corrected chi connectivity index (χ0v) is 8.32. The summed E-state index contributed by atoms with van der Waals surface area (Å²) in [5.41, 5.74) is 0.0471. The second kappa shape index (κ2) is 3.32. The van der Waals surface area contributed by atoms with E-state index in [9.17, 15) is 0 Å². The minimum absolute atomic E-state index is 0.0471. The third-order valence-corrected chi connectivity index (χ3v) is 2.97. The van der Waals surface area contributed by atoms with Crippen molar-refractivity contribution in [2.75, 3.05) is 13.0 Å². The average Bonchev–Trinajstić information content (AvgIpc) is 2.67. The van der Waals surface area contributed by atoms with Gasteiger partial charge in [0, 0.05) is 13.0 Å². The number of methoxy groups -OCH3 is 1. The second-order valence-corrected chi connectivity index (χ2v) is 4.39. The molecule has 1 nitrogen and oxygen atoms in total. The Bertz CT molecular complexity index is 134. The molecule has 0 aliphatic heterocycles. The van der Waals surface area contributed by atoms with Crippen molar-refractivity contribution in [2.24, 2.45) is 11.8 Å². The van der Waals surface area contributed by atoms with Gasteiger partial charge < -0.3 is 4.74 Å². The van der Waals surface area contributed by atoms with Crippen LogP contribution in [0.2, 0.25) is 0 Å². The van der Waals surface area contributed by atoms with Crippen LogP contribution in [0.5, 0.6) is 0 Å². The maximum absolute atomic E-state index is 5.72. The van der Waals surface area contributed by atoms with Crippen molar-refractivity contribution in [3.05, 3.63) is 0 Å². The third-order valence-electron chi connectivity index (χ3n) is 2.57. The van der Waals surface area contributed by atoms with Crippen molar-refractivity contribution in [3.63, 3.8) is 0 Å². The minimum atomic E-state index is 0.0471. The molecule has 0 spiro atoms. The van der Waals surface area contributed by atoms with Crippen molar-refractivity contribution in [2.45, 2.75) is 32.3 Å². The van der Waals surface area contributed by atoms with Crippen molar-refractivity contribution in [3.8, 4) is 0 Å². The number of alkyl halides is 1. The Labute approximate surface area is 74.1 Å². The van der Waals surface area contributed by atoms with Gasteiger partial charge in [-0.1, -0.05) is 0 Å². The zero-order chi connectivity index (χ0) is 8.48. The highest BCUT2D eigenvalue weighted by molar-refractivity contribution is 6.18. The van der Waals surface area contributed by atoms with Crippen molar-refractivity contribution < 1.29 is 4.74 Å². The fourth-order valence-corrected chi connectivity index (χ4v) is 1.84. The smallest absolute Gasteiger partial charge is 0.0625 e. The molecule has 0 amide bonds. The molecule has 11 heavy (non-hydrogen) atoms. The first-order valence-electron chi connectivity index (χ1n) is 4.20. The molecule has 1 aliphatic rings. The Kier molecular flexibility index (Phi) is 2.82. The minimum Gasteiger partial charge on any atom is -0.379 e.